The molecule has 0 radical (unpaired) electrons. The van der Waals surface area contributed by atoms with E-state index in [9.17, 15) is 23.7 Å². The number of benzene rings is 3. The molecule has 132 valence electrons. The van der Waals surface area contributed by atoms with Crippen molar-refractivity contribution >= 4 is 15.7 Å². The third kappa shape index (κ3) is 2.44. The lowest BCUT2D eigenvalue weighted by atomic mass is 10.0. The zero-order valence-electron chi connectivity index (χ0n) is 13.5. The quantitative estimate of drug-likeness (QED) is 0.603. The molecule has 3 aromatic carbocycles. The Labute approximate surface area is 150 Å². The van der Waals surface area contributed by atoms with Crippen LogP contribution >= 0.6 is 0 Å². The van der Waals surface area contributed by atoms with E-state index in [0.29, 0.717) is 11.3 Å². The van der Waals surface area contributed by atoms with Crippen molar-refractivity contribution in [1.29, 1.82) is 0 Å². The van der Waals surface area contributed by atoms with E-state index in [1.165, 1.54) is 22.5 Å². The molecular formula is C19H15NO5S. The molecule has 0 saturated heterocycles. The predicted molar refractivity (Wildman–Crippen MR) is 96.7 cm³/mol. The highest BCUT2D eigenvalue weighted by Crippen LogP contribution is 2.47. The number of aromatic hydroxyl groups is 3. The average Bonchev–Trinajstić information content (AvgIpc) is 2.61. The van der Waals surface area contributed by atoms with Crippen LogP contribution in [-0.2, 0) is 16.6 Å². The number of phenols is 3. The Hall–Kier alpha value is -3.19. The van der Waals surface area contributed by atoms with Crippen LogP contribution in [-0.4, -0.2) is 23.7 Å². The first-order valence-electron chi connectivity index (χ1n) is 7.84. The number of rotatable bonds is 2. The van der Waals surface area contributed by atoms with Crippen molar-refractivity contribution < 1.29 is 23.7 Å². The van der Waals surface area contributed by atoms with E-state index in [0.717, 1.165) is 11.6 Å². The maximum absolute atomic E-state index is 13.2. The summed E-state index contributed by atoms with van der Waals surface area (Å²) in [6.07, 6.45) is 0. The molecule has 0 unspecified atom stereocenters. The maximum atomic E-state index is 13.2. The molecule has 26 heavy (non-hydrogen) atoms. The summed E-state index contributed by atoms with van der Waals surface area (Å²) in [5.41, 5.74) is 1.90. The van der Waals surface area contributed by atoms with Crippen LogP contribution < -0.4 is 4.31 Å². The van der Waals surface area contributed by atoms with Gasteiger partial charge in [0.15, 0.2) is 11.5 Å². The molecule has 0 aromatic heterocycles. The van der Waals surface area contributed by atoms with Crippen molar-refractivity contribution in [2.75, 3.05) is 4.31 Å². The number of hydrogen-bond acceptors (Lipinski definition) is 5. The van der Waals surface area contributed by atoms with E-state index in [1.807, 2.05) is 30.3 Å². The SMILES string of the molecule is O=S1(=O)c2cc(O)c(O)cc2-c2ccc(O)cc2N1Cc1ccccc1. The van der Waals surface area contributed by atoms with Crippen LogP contribution in [0, 0.1) is 0 Å². The summed E-state index contributed by atoms with van der Waals surface area (Å²) >= 11 is 0. The second-order valence-corrected chi connectivity index (χ2v) is 7.87. The van der Waals surface area contributed by atoms with Gasteiger partial charge in [0, 0.05) is 23.3 Å². The lowest BCUT2D eigenvalue weighted by molar-refractivity contribution is 0.402. The summed E-state index contributed by atoms with van der Waals surface area (Å²) in [6, 6.07) is 15.8. The molecule has 1 heterocycles. The Morgan fingerprint density at radius 2 is 1.50 bits per heavy atom. The first kappa shape index (κ1) is 16.3. The van der Waals surface area contributed by atoms with Gasteiger partial charge < -0.3 is 15.3 Å². The van der Waals surface area contributed by atoms with Gasteiger partial charge in [-0.3, -0.25) is 4.31 Å². The lowest BCUT2D eigenvalue weighted by Gasteiger charge is -2.32. The van der Waals surface area contributed by atoms with Crippen molar-refractivity contribution in [3.8, 4) is 28.4 Å². The Bertz CT molecular complexity index is 1110. The zero-order valence-corrected chi connectivity index (χ0v) is 14.3. The van der Waals surface area contributed by atoms with Crippen LogP contribution in [0.4, 0.5) is 5.69 Å². The number of fused-ring (bicyclic) bond motifs is 3. The molecule has 1 aliphatic rings. The van der Waals surface area contributed by atoms with Gasteiger partial charge in [0.2, 0.25) is 0 Å². The largest absolute Gasteiger partial charge is 0.508 e. The number of hydrogen-bond donors (Lipinski definition) is 3. The highest BCUT2D eigenvalue weighted by Gasteiger charge is 2.36. The van der Waals surface area contributed by atoms with Gasteiger partial charge in [-0.25, -0.2) is 8.42 Å². The minimum Gasteiger partial charge on any atom is -0.508 e. The predicted octanol–water partition coefficient (Wildman–Crippen LogP) is 3.18. The maximum Gasteiger partial charge on any atom is 0.265 e. The molecule has 0 bridgehead atoms. The van der Waals surface area contributed by atoms with E-state index in [2.05, 4.69) is 0 Å². The third-order valence-electron chi connectivity index (χ3n) is 4.35. The summed E-state index contributed by atoms with van der Waals surface area (Å²) in [5.74, 6) is -0.979. The Balaban J connectivity index is 1.99. The molecule has 0 atom stereocenters. The Kier molecular flexibility index (Phi) is 3.55. The van der Waals surface area contributed by atoms with Crippen LogP contribution in [0.5, 0.6) is 17.2 Å². The highest BCUT2D eigenvalue weighted by atomic mass is 32.2. The van der Waals surface area contributed by atoms with E-state index >= 15 is 0 Å². The van der Waals surface area contributed by atoms with Gasteiger partial charge in [-0.1, -0.05) is 30.3 Å². The standard InChI is InChI=1S/C19H15NO5S/c21-13-6-7-14-15-9-17(22)18(23)10-19(15)26(24,25)20(16(14)8-13)11-12-4-2-1-3-5-12/h1-10,21-23H,11H2. The van der Waals surface area contributed by atoms with Gasteiger partial charge in [0.05, 0.1) is 17.1 Å². The van der Waals surface area contributed by atoms with E-state index in [1.54, 1.807) is 6.07 Å². The van der Waals surface area contributed by atoms with Crippen LogP contribution in [0.2, 0.25) is 0 Å². The van der Waals surface area contributed by atoms with Crippen molar-refractivity contribution in [1.82, 2.24) is 0 Å². The summed E-state index contributed by atoms with van der Waals surface area (Å²) in [4.78, 5) is -0.0954. The van der Waals surface area contributed by atoms with Crippen molar-refractivity contribution in [2.24, 2.45) is 0 Å². The molecule has 0 saturated carbocycles. The van der Waals surface area contributed by atoms with Crippen LogP contribution in [0.15, 0.2) is 65.6 Å². The average molecular weight is 369 g/mol. The second-order valence-electron chi connectivity index (χ2n) is 6.04. The van der Waals surface area contributed by atoms with Crippen LogP contribution in [0.1, 0.15) is 5.56 Å². The van der Waals surface area contributed by atoms with Crippen molar-refractivity contribution in [2.45, 2.75) is 11.4 Å². The second kappa shape index (κ2) is 5.67. The molecule has 4 rings (SSSR count). The van der Waals surface area contributed by atoms with E-state index < -0.39 is 21.5 Å². The highest BCUT2D eigenvalue weighted by molar-refractivity contribution is 7.93. The topological polar surface area (TPSA) is 98.1 Å². The van der Waals surface area contributed by atoms with Gasteiger partial charge >= 0.3 is 0 Å². The van der Waals surface area contributed by atoms with Gasteiger partial charge in [0.1, 0.15) is 5.75 Å². The Morgan fingerprint density at radius 1 is 0.808 bits per heavy atom. The Morgan fingerprint density at radius 3 is 2.23 bits per heavy atom. The van der Waals surface area contributed by atoms with Gasteiger partial charge in [-0.2, -0.15) is 0 Å². The van der Waals surface area contributed by atoms with Gasteiger partial charge in [0.25, 0.3) is 10.0 Å². The summed E-state index contributed by atoms with van der Waals surface area (Å²) < 4.78 is 27.6. The number of anilines is 1. The summed E-state index contributed by atoms with van der Waals surface area (Å²) in [7, 11) is -4.00. The van der Waals surface area contributed by atoms with Gasteiger partial charge in [-0.05, 0) is 23.8 Å². The number of nitrogens with zero attached hydrogens (tertiary/aromatic N) is 1. The smallest absolute Gasteiger partial charge is 0.265 e. The molecule has 7 heteroatoms. The molecular weight excluding hydrogens is 354 g/mol. The fourth-order valence-corrected chi connectivity index (χ4v) is 4.78. The number of phenolic OH excluding ortho intramolecular Hbond substituents is 3. The molecule has 1 aliphatic heterocycles. The molecule has 0 fully saturated rings. The van der Waals surface area contributed by atoms with Crippen LogP contribution in [0.3, 0.4) is 0 Å². The van der Waals surface area contributed by atoms with E-state index in [4.69, 9.17) is 0 Å². The monoisotopic (exact) mass is 369 g/mol. The first-order chi connectivity index (χ1) is 12.4. The fraction of sp³-hybridized carbons (Fsp3) is 0.0526. The minimum atomic E-state index is -4.00. The molecule has 0 amide bonds. The fourth-order valence-electron chi connectivity index (χ4n) is 3.10. The van der Waals surface area contributed by atoms with Crippen molar-refractivity contribution in [3.63, 3.8) is 0 Å². The first-order valence-corrected chi connectivity index (χ1v) is 9.28. The minimum absolute atomic E-state index is 0.0662. The van der Waals surface area contributed by atoms with Crippen molar-refractivity contribution in [3.05, 3.63) is 66.2 Å². The zero-order chi connectivity index (χ0) is 18.5. The van der Waals surface area contributed by atoms with Gasteiger partial charge in [-0.15, -0.1) is 0 Å². The number of sulfonamides is 1. The molecule has 6 nitrogen and oxygen atoms in total. The summed E-state index contributed by atoms with van der Waals surface area (Å²) in [5, 5.41) is 29.5. The molecule has 0 spiro atoms. The molecule has 3 aromatic rings. The van der Waals surface area contributed by atoms with E-state index in [-0.39, 0.29) is 22.8 Å². The molecule has 3 N–H and O–H groups in total. The lowest BCUT2D eigenvalue weighted by Crippen LogP contribution is -2.33. The summed E-state index contributed by atoms with van der Waals surface area (Å²) in [6.45, 7) is 0.0701. The third-order valence-corrected chi connectivity index (χ3v) is 6.15. The normalized spacial score (nSPS) is 14.5. The van der Waals surface area contributed by atoms with Crippen LogP contribution in [0.25, 0.3) is 11.1 Å². The molecule has 0 aliphatic carbocycles.